The first-order valence-corrected chi connectivity index (χ1v) is 9.41. The Morgan fingerprint density at radius 1 is 1.36 bits per heavy atom. The van der Waals surface area contributed by atoms with Gasteiger partial charge >= 0.3 is 12.1 Å². The highest BCUT2D eigenvalue weighted by Crippen LogP contribution is 2.48. The zero-order chi connectivity index (χ0) is 18.4. The van der Waals surface area contributed by atoms with E-state index in [1.54, 1.807) is 4.90 Å². The Labute approximate surface area is 156 Å². The summed E-state index contributed by atoms with van der Waals surface area (Å²) in [5.74, 6) is -1.46. The fraction of sp³-hybridized carbons (Fsp3) is 0.579. The monoisotopic (exact) mass is 409 g/mol. The summed E-state index contributed by atoms with van der Waals surface area (Å²) in [6.45, 7) is 6.05. The number of rotatable bonds is 1. The number of hydrogen-bond acceptors (Lipinski definition) is 3. The molecule has 1 N–H and O–H groups in total. The number of hydrogen-bond donors (Lipinski definition) is 1. The van der Waals surface area contributed by atoms with E-state index in [1.165, 1.54) is 5.56 Å². The molecule has 5 nitrogen and oxygen atoms in total. The highest BCUT2D eigenvalue weighted by molar-refractivity contribution is 9.10. The van der Waals surface area contributed by atoms with Crippen LogP contribution in [0.2, 0.25) is 0 Å². The zero-order valence-electron chi connectivity index (χ0n) is 14.8. The van der Waals surface area contributed by atoms with Crippen LogP contribution >= 0.6 is 15.9 Å². The van der Waals surface area contributed by atoms with Crippen molar-refractivity contribution >= 4 is 28.0 Å². The molecule has 1 aromatic carbocycles. The second-order valence-electron chi connectivity index (χ2n) is 8.06. The van der Waals surface area contributed by atoms with E-state index in [-0.39, 0.29) is 6.54 Å². The summed E-state index contributed by atoms with van der Waals surface area (Å²) in [7, 11) is 0. The topological polar surface area (TPSA) is 66.8 Å². The van der Waals surface area contributed by atoms with Crippen LogP contribution in [0, 0.1) is 5.92 Å². The number of carbonyl (C=O) groups excluding carboxylic acids is 1. The molecule has 1 saturated heterocycles. The first-order chi connectivity index (χ1) is 11.6. The summed E-state index contributed by atoms with van der Waals surface area (Å²) in [5, 5.41) is 9.85. The van der Waals surface area contributed by atoms with Gasteiger partial charge in [-0.05, 0) is 63.3 Å². The van der Waals surface area contributed by atoms with Crippen molar-refractivity contribution in [3.63, 3.8) is 0 Å². The van der Waals surface area contributed by atoms with Crippen molar-refractivity contribution in [1.82, 2.24) is 4.90 Å². The second-order valence-corrected chi connectivity index (χ2v) is 8.98. The Hall–Kier alpha value is -1.56. The number of aryl methyl sites for hydroxylation is 1. The molecule has 0 bridgehead atoms. The summed E-state index contributed by atoms with van der Waals surface area (Å²) in [6, 6.07) is 6.05. The summed E-state index contributed by atoms with van der Waals surface area (Å²) >= 11 is 3.50. The number of carboxylic acids is 1. The molecule has 1 amide bonds. The Kier molecular flexibility index (Phi) is 4.60. The number of carbonyl (C=O) groups is 2. The summed E-state index contributed by atoms with van der Waals surface area (Å²) in [4.78, 5) is 26.1. The summed E-state index contributed by atoms with van der Waals surface area (Å²) in [5.41, 5.74) is 1.12. The minimum absolute atomic E-state index is 0.194. The van der Waals surface area contributed by atoms with Gasteiger partial charge in [0, 0.05) is 23.0 Å². The maximum absolute atomic E-state index is 12.5. The number of halogens is 1. The first kappa shape index (κ1) is 18.2. The predicted octanol–water partition coefficient (Wildman–Crippen LogP) is 3.97. The van der Waals surface area contributed by atoms with E-state index in [0.29, 0.717) is 6.54 Å². The average Bonchev–Trinajstić information content (AvgIpc) is 2.86. The highest BCUT2D eigenvalue weighted by Gasteiger charge is 2.54. The van der Waals surface area contributed by atoms with E-state index in [0.717, 1.165) is 29.3 Å². The molecule has 1 unspecified atom stereocenters. The fourth-order valence-corrected chi connectivity index (χ4v) is 4.61. The molecule has 2 atom stereocenters. The van der Waals surface area contributed by atoms with Gasteiger partial charge in [0.15, 0.2) is 0 Å². The number of likely N-dealkylation sites (tertiary alicyclic amines) is 1. The van der Waals surface area contributed by atoms with Crippen molar-refractivity contribution in [2.24, 2.45) is 5.92 Å². The van der Waals surface area contributed by atoms with Crippen molar-refractivity contribution < 1.29 is 19.4 Å². The summed E-state index contributed by atoms with van der Waals surface area (Å²) < 4.78 is 6.47. The molecule has 0 saturated carbocycles. The third kappa shape index (κ3) is 3.41. The van der Waals surface area contributed by atoms with Crippen LogP contribution in [0.25, 0.3) is 0 Å². The third-order valence-electron chi connectivity index (χ3n) is 5.17. The highest BCUT2D eigenvalue weighted by atomic mass is 79.9. The van der Waals surface area contributed by atoms with Gasteiger partial charge < -0.3 is 14.7 Å². The van der Waals surface area contributed by atoms with Gasteiger partial charge in [0.1, 0.15) is 5.60 Å². The SMILES string of the molecule is CC(C)(C)OC(=O)N1C[C@@H](C(=O)O)C2(CCCc3cc(Br)ccc32)C1. The molecular formula is C19H24BrNO4. The fourth-order valence-electron chi connectivity index (χ4n) is 4.20. The van der Waals surface area contributed by atoms with E-state index in [9.17, 15) is 14.7 Å². The molecule has 1 aromatic rings. The van der Waals surface area contributed by atoms with Crippen LogP contribution in [0.5, 0.6) is 0 Å². The van der Waals surface area contributed by atoms with Crippen molar-refractivity contribution in [2.75, 3.05) is 13.1 Å². The Balaban J connectivity index is 1.98. The Bertz CT molecular complexity index is 712. The standard InChI is InChI=1S/C19H24BrNO4/c1-18(2,3)25-17(24)21-10-15(16(22)23)19(11-21)8-4-5-12-9-13(20)6-7-14(12)19/h6-7,9,15H,4-5,8,10-11H2,1-3H3,(H,22,23)/t15-,19?/m0/s1. The molecule has 6 heteroatoms. The smallest absolute Gasteiger partial charge is 0.410 e. The number of fused-ring (bicyclic) bond motifs is 2. The Morgan fingerprint density at radius 2 is 2.08 bits per heavy atom. The lowest BCUT2D eigenvalue weighted by atomic mass is 9.64. The molecule has 1 aliphatic carbocycles. The minimum Gasteiger partial charge on any atom is -0.481 e. The van der Waals surface area contributed by atoms with E-state index in [4.69, 9.17) is 4.74 Å². The molecule has 1 heterocycles. The average molecular weight is 410 g/mol. The van der Waals surface area contributed by atoms with E-state index in [2.05, 4.69) is 22.0 Å². The van der Waals surface area contributed by atoms with E-state index < -0.39 is 29.0 Å². The largest absolute Gasteiger partial charge is 0.481 e. The maximum Gasteiger partial charge on any atom is 0.410 e. The lowest BCUT2D eigenvalue weighted by molar-refractivity contribution is -0.143. The van der Waals surface area contributed by atoms with Crippen molar-refractivity contribution in [3.05, 3.63) is 33.8 Å². The summed E-state index contributed by atoms with van der Waals surface area (Å²) in [6.07, 6.45) is 2.21. The molecule has 1 fully saturated rings. The van der Waals surface area contributed by atoms with Crippen LogP contribution in [-0.4, -0.2) is 40.8 Å². The van der Waals surface area contributed by atoms with Crippen molar-refractivity contribution in [2.45, 2.75) is 51.0 Å². The number of aliphatic carboxylic acids is 1. The van der Waals surface area contributed by atoms with Gasteiger partial charge in [0.05, 0.1) is 5.92 Å². The number of amides is 1. The Morgan fingerprint density at radius 3 is 2.72 bits per heavy atom. The lowest BCUT2D eigenvalue weighted by Crippen LogP contribution is -2.42. The molecule has 1 aliphatic heterocycles. The number of nitrogens with zero attached hydrogens (tertiary/aromatic N) is 1. The van der Waals surface area contributed by atoms with Crippen molar-refractivity contribution in [1.29, 1.82) is 0 Å². The normalized spacial score (nSPS) is 25.8. The van der Waals surface area contributed by atoms with Gasteiger partial charge in [-0.1, -0.05) is 22.0 Å². The van der Waals surface area contributed by atoms with E-state index in [1.807, 2.05) is 32.9 Å². The molecule has 1 spiro atoms. The van der Waals surface area contributed by atoms with Crippen LogP contribution < -0.4 is 0 Å². The predicted molar refractivity (Wildman–Crippen MR) is 97.7 cm³/mol. The molecular weight excluding hydrogens is 386 g/mol. The molecule has 3 rings (SSSR count). The van der Waals surface area contributed by atoms with Gasteiger partial charge in [0.25, 0.3) is 0 Å². The third-order valence-corrected chi connectivity index (χ3v) is 5.66. The minimum atomic E-state index is -0.846. The van der Waals surface area contributed by atoms with Crippen molar-refractivity contribution in [3.8, 4) is 0 Å². The molecule has 2 aliphatic rings. The van der Waals surface area contributed by atoms with Gasteiger partial charge in [-0.15, -0.1) is 0 Å². The van der Waals surface area contributed by atoms with Gasteiger partial charge in [-0.2, -0.15) is 0 Å². The number of ether oxygens (including phenoxy) is 1. The molecule has 136 valence electrons. The number of carboxylic acid groups (broad SMARTS) is 1. The van der Waals surface area contributed by atoms with Crippen LogP contribution in [0.3, 0.4) is 0 Å². The van der Waals surface area contributed by atoms with Gasteiger partial charge in [-0.25, -0.2) is 4.79 Å². The second kappa shape index (κ2) is 6.31. The molecule has 0 aromatic heterocycles. The lowest BCUT2D eigenvalue weighted by Gasteiger charge is -2.38. The zero-order valence-corrected chi connectivity index (χ0v) is 16.4. The first-order valence-electron chi connectivity index (χ1n) is 8.62. The van der Waals surface area contributed by atoms with Crippen LogP contribution in [0.15, 0.2) is 22.7 Å². The maximum atomic E-state index is 12.5. The number of benzene rings is 1. The molecule has 25 heavy (non-hydrogen) atoms. The van der Waals surface area contributed by atoms with Crippen LogP contribution in [-0.2, 0) is 21.4 Å². The van der Waals surface area contributed by atoms with Crippen LogP contribution in [0.4, 0.5) is 4.79 Å². The van der Waals surface area contributed by atoms with Gasteiger partial charge in [0.2, 0.25) is 0 Å². The van der Waals surface area contributed by atoms with Crippen LogP contribution in [0.1, 0.15) is 44.7 Å². The quantitative estimate of drug-likeness (QED) is 0.761. The van der Waals surface area contributed by atoms with E-state index >= 15 is 0 Å². The van der Waals surface area contributed by atoms with Gasteiger partial charge in [-0.3, -0.25) is 4.79 Å². The molecule has 0 radical (unpaired) electrons.